The van der Waals surface area contributed by atoms with Crippen LogP contribution in [0, 0.1) is 11.8 Å². The number of carbonyl (C=O) groups excluding carboxylic acids is 3. The van der Waals surface area contributed by atoms with Crippen LogP contribution in [-0.2, 0) is 33.8 Å². The molecule has 0 bridgehead atoms. The molecule has 2 aliphatic carbocycles. The molecule has 2 aromatic rings. The largest absolute Gasteiger partial charge is 0.339 e. The fourth-order valence-electron chi connectivity index (χ4n) is 5.91. The van der Waals surface area contributed by atoms with E-state index in [0.717, 1.165) is 29.5 Å². The second kappa shape index (κ2) is 8.98. The van der Waals surface area contributed by atoms with Gasteiger partial charge in [0.05, 0.1) is 23.8 Å². The fourth-order valence-corrected chi connectivity index (χ4v) is 7.19. The number of nitrogens with one attached hydrogen (secondary N) is 1. The van der Waals surface area contributed by atoms with E-state index in [0.29, 0.717) is 51.4 Å². The molecule has 4 aliphatic rings. The minimum atomic E-state index is -0.307. The van der Waals surface area contributed by atoms with E-state index in [4.69, 9.17) is 4.98 Å². The molecule has 2 saturated heterocycles. The van der Waals surface area contributed by atoms with Gasteiger partial charge in [0.25, 0.3) is 5.56 Å². The van der Waals surface area contributed by atoms with Gasteiger partial charge < -0.3 is 9.88 Å². The quantitative estimate of drug-likeness (QED) is 0.509. The number of fused-ring (bicyclic) bond motifs is 4. The molecule has 2 aromatic heterocycles. The number of thiophene rings is 1. The number of piperazine rings is 1. The van der Waals surface area contributed by atoms with Crippen LogP contribution in [0.3, 0.4) is 0 Å². The molecule has 0 aromatic carbocycles. The molecular weight excluding hydrogens is 466 g/mol. The zero-order chi connectivity index (χ0) is 24.1. The number of rotatable bonds is 4. The number of aromatic amines is 1. The number of likely N-dealkylation sites (tertiary alicyclic amines) is 1. The fraction of sp³-hybridized carbons (Fsp3) is 0.560. The molecule has 2 aliphatic heterocycles. The Labute approximate surface area is 206 Å². The van der Waals surface area contributed by atoms with Crippen molar-refractivity contribution in [2.45, 2.75) is 45.1 Å². The standard InChI is InChI=1S/C25H29N5O4S/c31-20(14-30-24(33)15-5-1-2-6-16(15)25(30)34)29-11-9-28(10-12-29)13-19-26-22(32)21-17-7-3-4-8-18(17)35-23(21)27-19/h1-2,15-16H,3-14H2,(H,26,27,32)/t15-,16-/m0/s1. The molecule has 10 heteroatoms. The molecule has 184 valence electrons. The monoisotopic (exact) mass is 495 g/mol. The van der Waals surface area contributed by atoms with Crippen molar-refractivity contribution < 1.29 is 14.4 Å². The van der Waals surface area contributed by atoms with Gasteiger partial charge in [0, 0.05) is 31.1 Å². The van der Waals surface area contributed by atoms with E-state index in [1.165, 1.54) is 21.8 Å². The summed E-state index contributed by atoms with van der Waals surface area (Å²) in [7, 11) is 0. The summed E-state index contributed by atoms with van der Waals surface area (Å²) in [5.74, 6) is -0.564. The van der Waals surface area contributed by atoms with E-state index in [2.05, 4.69) is 9.88 Å². The second-order valence-corrected chi connectivity index (χ2v) is 11.1. The summed E-state index contributed by atoms with van der Waals surface area (Å²) in [4.78, 5) is 66.0. The first-order valence-corrected chi connectivity index (χ1v) is 13.3. The van der Waals surface area contributed by atoms with Crippen molar-refractivity contribution in [2.24, 2.45) is 11.8 Å². The van der Waals surface area contributed by atoms with E-state index in [1.807, 2.05) is 12.2 Å². The van der Waals surface area contributed by atoms with Gasteiger partial charge in [-0.05, 0) is 44.1 Å². The molecule has 6 rings (SSSR count). The maximum absolute atomic E-state index is 12.9. The zero-order valence-electron chi connectivity index (χ0n) is 19.6. The van der Waals surface area contributed by atoms with Crippen molar-refractivity contribution in [2.75, 3.05) is 32.7 Å². The van der Waals surface area contributed by atoms with Crippen LogP contribution in [0.15, 0.2) is 16.9 Å². The molecule has 0 radical (unpaired) electrons. The van der Waals surface area contributed by atoms with E-state index in [1.54, 1.807) is 16.2 Å². The highest BCUT2D eigenvalue weighted by Gasteiger charge is 2.48. The summed E-state index contributed by atoms with van der Waals surface area (Å²) < 4.78 is 0. The van der Waals surface area contributed by atoms with Gasteiger partial charge in [-0.1, -0.05) is 12.2 Å². The van der Waals surface area contributed by atoms with E-state index >= 15 is 0 Å². The van der Waals surface area contributed by atoms with E-state index in [-0.39, 0.29) is 41.7 Å². The normalized spacial score (nSPS) is 24.8. The van der Waals surface area contributed by atoms with Crippen molar-refractivity contribution in [3.63, 3.8) is 0 Å². The lowest BCUT2D eigenvalue weighted by atomic mass is 9.85. The lowest BCUT2D eigenvalue weighted by molar-refractivity contribution is -0.147. The molecule has 3 amide bonds. The average Bonchev–Trinajstić information content (AvgIpc) is 3.36. The first-order valence-electron chi connectivity index (χ1n) is 12.5. The number of aromatic nitrogens is 2. The molecule has 1 N–H and O–H groups in total. The number of nitrogens with zero attached hydrogens (tertiary/aromatic N) is 4. The summed E-state index contributed by atoms with van der Waals surface area (Å²) in [5.41, 5.74) is 1.14. The number of hydrogen-bond acceptors (Lipinski definition) is 7. The van der Waals surface area contributed by atoms with Crippen molar-refractivity contribution in [1.82, 2.24) is 24.7 Å². The maximum Gasteiger partial charge on any atom is 0.259 e. The molecular formula is C25H29N5O4S. The third-order valence-electron chi connectivity index (χ3n) is 7.86. The summed E-state index contributed by atoms with van der Waals surface area (Å²) in [5, 5.41) is 0.769. The zero-order valence-corrected chi connectivity index (χ0v) is 20.4. The highest BCUT2D eigenvalue weighted by molar-refractivity contribution is 7.18. The second-order valence-electron chi connectivity index (χ2n) is 9.98. The first kappa shape index (κ1) is 22.6. The Balaban J connectivity index is 1.07. The Hall–Kier alpha value is -2.85. The Morgan fingerprint density at radius 2 is 1.69 bits per heavy atom. The molecule has 0 saturated carbocycles. The molecule has 0 unspecified atom stereocenters. The highest BCUT2D eigenvalue weighted by atomic mass is 32.1. The SMILES string of the molecule is O=C(CN1C(=O)[C@H]2CC=CC[C@@H]2C1=O)N1CCN(Cc2nc3sc4c(c3c(=O)[nH]2)CCCC4)CC1. The van der Waals surface area contributed by atoms with Crippen LogP contribution in [-0.4, -0.2) is 75.1 Å². The molecule has 0 spiro atoms. The molecule has 9 nitrogen and oxygen atoms in total. The molecule has 2 atom stereocenters. The minimum Gasteiger partial charge on any atom is -0.339 e. The average molecular weight is 496 g/mol. The maximum atomic E-state index is 12.9. The van der Waals surface area contributed by atoms with Crippen molar-refractivity contribution in [3.05, 3.63) is 38.8 Å². The number of carbonyl (C=O) groups is 3. The van der Waals surface area contributed by atoms with Crippen LogP contribution in [0.4, 0.5) is 0 Å². The van der Waals surface area contributed by atoms with Gasteiger partial charge in [-0.25, -0.2) is 4.98 Å². The van der Waals surface area contributed by atoms with Crippen LogP contribution < -0.4 is 5.56 Å². The molecule has 4 heterocycles. The number of allylic oxidation sites excluding steroid dienone is 2. The minimum absolute atomic E-state index is 0.0473. The first-order chi connectivity index (χ1) is 17.0. The smallest absolute Gasteiger partial charge is 0.259 e. The van der Waals surface area contributed by atoms with Gasteiger partial charge in [-0.15, -0.1) is 11.3 Å². The van der Waals surface area contributed by atoms with Gasteiger partial charge in [0.2, 0.25) is 17.7 Å². The summed E-state index contributed by atoms with van der Waals surface area (Å²) in [6, 6.07) is 0. The summed E-state index contributed by atoms with van der Waals surface area (Å²) in [6.45, 7) is 2.68. The third-order valence-corrected chi connectivity index (χ3v) is 9.05. The van der Waals surface area contributed by atoms with Gasteiger partial charge in [-0.3, -0.25) is 29.0 Å². The number of aryl methyl sites for hydroxylation is 2. The van der Waals surface area contributed by atoms with Crippen LogP contribution in [0.1, 0.15) is 41.9 Å². The van der Waals surface area contributed by atoms with Crippen molar-refractivity contribution in [1.29, 1.82) is 0 Å². The van der Waals surface area contributed by atoms with Crippen molar-refractivity contribution >= 4 is 39.3 Å². The summed E-state index contributed by atoms with van der Waals surface area (Å²) >= 11 is 1.65. The number of amides is 3. The lowest BCUT2D eigenvalue weighted by Gasteiger charge is -2.35. The Morgan fingerprint density at radius 1 is 1.00 bits per heavy atom. The van der Waals surface area contributed by atoms with Crippen LogP contribution in [0.25, 0.3) is 10.2 Å². The number of hydrogen-bond donors (Lipinski definition) is 1. The molecule has 35 heavy (non-hydrogen) atoms. The van der Waals surface area contributed by atoms with E-state index in [9.17, 15) is 19.2 Å². The topological polar surface area (TPSA) is 107 Å². The predicted octanol–water partition coefficient (Wildman–Crippen LogP) is 1.46. The van der Waals surface area contributed by atoms with Crippen LogP contribution >= 0.6 is 11.3 Å². The molecule has 2 fully saturated rings. The van der Waals surface area contributed by atoms with Gasteiger partial charge in [-0.2, -0.15) is 0 Å². The lowest BCUT2D eigenvalue weighted by Crippen LogP contribution is -2.51. The van der Waals surface area contributed by atoms with Crippen LogP contribution in [0.2, 0.25) is 0 Å². The number of imide groups is 1. The van der Waals surface area contributed by atoms with Crippen molar-refractivity contribution in [3.8, 4) is 0 Å². The van der Waals surface area contributed by atoms with Gasteiger partial charge >= 0.3 is 0 Å². The van der Waals surface area contributed by atoms with Gasteiger partial charge in [0.1, 0.15) is 17.2 Å². The highest BCUT2D eigenvalue weighted by Crippen LogP contribution is 2.35. The predicted molar refractivity (Wildman–Crippen MR) is 131 cm³/mol. The number of H-pyrrole nitrogens is 1. The van der Waals surface area contributed by atoms with E-state index < -0.39 is 0 Å². The Kier molecular flexibility index (Phi) is 5.80. The van der Waals surface area contributed by atoms with Crippen LogP contribution in [0.5, 0.6) is 0 Å². The third kappa shape index (κ3) is 4.02. The Morgan fingerprint density at radius 3 is 2.40 bits per heavy atom. The summed E-state index contributed by atoms with van der Waals surface area (Å²) in [6.07, 6.45) is 9.35. The van der Waals surface area contributed by atoms with Gasteiger partial charge in [0.15, 0.2) is 0 Å². The Bertz CT molecular complexity index is 1260.